The van der Waals surface area contributed by atoms with Crippen LogP contribution < -0.4 is 5.73 Å². The van der Waals surface area contributed by atoms with Crippen molar-refractivity contribution in [2.24, 2.45) is 5.73 Å². The lowest BCUT2D eigenvalue weighted by Crippen LogP contribution is -2.12. The van der Waals surface area contributed by atoms with E-state index < -0.39 is 0 Å². The molecular weight excluding hydrogens is 202 g/mol. The van der Waals surface area contributed by atoms with Crippen LogP contribution in [0.1, 0.15) is 49.8 Å². The van der Waals surface area contributed by atoms with Gasteiger partial charge in [-0.2, -0.15) is 0 Å². The second-order valence-electron chi connectivity index (χ2n) is 4.50. The van der Waals surface area contributed by atoms with E-state index in [1.165, 1.54) is 38.5 Å². The third kappa shape index (κ3) is 3.09. The van der Waals surface area contributed by atoms with Crippen LogP contribution >= 0.6 is 0 Å². The fraction of sp³-hybridized carbons (Fsp3) is 0.692. The van der Waals surface area contributed by atoms with E-state index in [9.17, 15) is 0 Å². The molecule has 1 saturated carbocycles. The highest BCUT2D eigenvalue weighted by Gasteiger charge is 2.14. The Balaban J connectivity index is 1.81. The lowest BCUT2D eigenvalue weighted by atomic mass is 10.1. The molecule has 0 radical (unpaired) electrons. The van der Waals surface area contributed by atoms with Crippen LogP contribution in [0.5, 0.6) is 0 Å². The van der Waals surface area contributed by atoms with Gasteiger partial charge in [-0.3, -0.25) is 0 Å². The monoisotopic (exact) mass is 223 g/mol. The Morgan fingerprint density at radius 3 is 2.69 bits per heavy atom. The molecule has 1 aliphatic carbocycles. The first-order chi connectivity index (χ1) is 7.90. The minimum Gasteiger partial charge on any atom is -0.467 e. The fourth-order valence-corrected chi connectivity index (χ4v) is 2.28. The van der Waals surface area contributed by atoms with Crippen molar-refractivity contribution in [3.8, 4) is 0 Å². The summed E-state index contributed by atoms with van der Waals surface area (Å²) >= 11 is 0. The zero-order chi connectivity index (χ0) is 11.2. The number of furan rings is 1. The summed E-state index contributed by atoms with van der Waals surface area (Å²) in [7, 11) is 0. The second-order valence-corrected chi connectivity index (χ2v) is 4.50. The van der Waals surface area contributed by atoms with E-state index in [4.69, 9.17) is 14.9 Å². The first kappa shape index (κ1) is 11.7. The van der Waals surface area contributed by atoms with Gasteiger partial charge in [0.1, 0.15) is 12.4 Å². The number of rotatable bonds is 4. The van der Waals surface area contributed by atoms with Gasteiger partial charge in [0.25, 0.3) is 0 Å². The van der Waals surface area contributed by atoms with E-state index in [0.717, 1.165) is 11.3 Å². The molecule has 90 valence electrons. The molecule has 16 heavy (non-hydrogen) atoms. The van der Waals surface area contributed by atoms with Gasteiger partial charge in [-0.25, -0.2) is 0 Å². The first-order valence-electron chi connectivity index (χ1n) is 6.27. The molecule has 0 atom stereocenters. The summed E-state index contributed by atoms with van der Waals surface area (Å²) in [6.07, 6.45) is 9.80. The number of nitrogens with two attached hydrogens (primary N) is 1. The van der Waals surface area contributed by atoms with Crippen LogP contribution in [0.2, 0.25) is 0 Å². The number of ether oxygens (including phenoxy) is 1. The molecule has 1 aromatic heterocycles. The van der Waals surface area contributed by atoms with Crippen molar-refractivity contribution >= 4 is 0 Å². The summed E-state index contributed by atoms with van der Waals surface area (Å²) in [5, 5.41) is 0. The summed E-state index contributed by atoms with van der Waals surface area (Å²) in [4.78, 5) is 0. The fourth-order valence-electron chi connectivity index (χ4n) is 2.28. The topological polar surface area (TPSA) is 48.4 Å². The minimum absolute atomic E-state index is 0.415. The van der Waals surface area contributed by atoms with Crippen LogP contribution in [-0.2, 0) is 17.9 Å². The van der Waals surface area contributed by atoms with E-state index in [-0.39, 0.29) is 0 Å². The maximum atomic E-state index is 5.90. The molecule has 3 heteroatoms. The van der Waals surface area contributed by atoms with Crippen molar-refractivity contribution in [1.29, 1.82) is 0 Å². The van der Waals surface area contributed by atoms with E-state index in [1.807, 2.05) is 6.07 Å². The largest absolute Gasteiger partial charge is 0.467 e. The average Bonchev–Trinajstić information content (AvgIpc) is 2.60. The van der Waals surface area contributed by atoms with Crippen LogP contribution in [0.15, 0.2) is 16.7 Å². The molecular formula is C13H21NO2. The van der Waals surface area contributed by atoms with Crippen LogP contribution in [0, 0.1) is 0 Å². The zero-order valence-corrected chi connectivity index (χ0v) is 9.78. The van der Waals surface area contributed by atoms with E-state index in [1.54, 1.807) is 6.26 Å². The molecule has 1 fully saturated rings. The SMILES string of the molecule is NCc1ccoc1COC1CCCCCC1. The van der Waals surface area contributed by atoms with E-state index >= 15 is 0 Å². The molecule has 2 rings (SSSR count). The lowest BCUT2D eigenvalue weighted by Gasteiger charge is -2.14. The molecule has 3 nitrogen and oxygen atoms in total. The summed E-state index contributed by atoms with van der Waals surface area (Å²) in [6, 6.07) is 1.92. The van der Waals surface area contributed by atoms with Gasteiger partial charge in [0.15, 0.2) is 0 Å². The molecule has 0 spiro atoms. The van der Waals surface area contributed by atoms with Gasteiger partial charge in [-0.15, -0.1) is 0 Å². The predicted molar refractivity (Wildman–Crippen MR) is 62.9 cm³/mol. The molecule has 1 heterocycles. The zero-order valence-electron chi connectivity index (χ0n) is 9.78. The summed E-state index contributed by atoms with van der Waals surface area (Å²) in [5.74, 6) is 0.895. The summed E-state index contributed by atoms with van der Waals surface area (Å²) < 4.78 is 11.3. The van der Waals surface area contributed by atoms with Gasteiger partial charge in [0.2, 0.25) is 0 Å². The Morgan fingerprint density at radius 2 is 2.00 bits per heavy atom. The maximum Gasteiger partial charge on any atom is 0.133 e. The Hall–Kier alpha value is -0.800. The van der Waals surface area contributed by atoms with Crippen molar-refractivity contribution in [1.82, 2.24) is 0 Å². The van der Waals surface area contributed by atoms with Gasteiger partial charge < -0.3 is 14.9 Å². The van der Waals surface area contributed by atoms with Crippen molar-refractivity contribution in [2.75, 3.05) is 0 Å². The molecule has 1 aliphatic rings. The Morgan fingerprint density at radius 1 is 1.25 bits per heavy atom. The van der Waals surface area contributed by atoms with Gasteiger partial charge in [-0.05, 0) is 18.9 Å². The molecule has 0 aliphatic heterocycles. The van der Waals surface area contributed by atoms with Crippen molar-refractivity contribution in [2.45, 2.75) is 57.8 Å². The second kappa shape index (κ2) is 6.06. The third-order valence-corrected chi connectivity index (χ3v) is 3.31. The van der Waals surface area contributed by atoms with Crippen LogP contribution in [0.4, 0.5) is 0 Å². The third-order valence-electron chi connectivity index (χ3n) is 3.31. The molecule has 0 aromatic carbocycles. The normalized spacial score (nSPS) is 18.6. The van der Waals surface area contributed by atoms with Crippen molar-refractivity contribution < 1.29 is 9.15 Å². The van der Waals surface area contributed by atoms with Crippen molar-refractivity contribution in [3.63, 3.8) is 0 Å². The lowest BCUT2D eigenvalue weighted by molar-refractivity contribution is 0.0215. The average molecular weight is 223 g/mol. The minimum atomic E-state index is 0.415. The van der Waals surface area contributed by atoms with Gasteiger partial charge in [0, 0.05) is 12.1 Å². The number of hydrogen-bond donors (Lipinski definition) is 1. The summed E-state index contributed by atoms with van der Waals surface area (Å²) in [6.45, 7) is 1.10. The molecule has 1 aromatic rings. The summed E-state index contributed by atoms with van der Waals surface area (Å²) in [5.41, 5.74) is 6.68. The standard InChI is InChI=1S/C13H21NO2/c14-9-11-7-8-15-13(11)10-16-12-5-3-1-2-4-6-12/h7-8,12H,1-6,9-10,14H2. The highest BCUT2D eigenvalue weighted by molar-refractivity contribution is 5.15. The van der Waals surface area contributed by atoms with E-state index in [0.29, 0.717) is 19.3 Å². The Kier molecular flexibility index (Phi) is 4.43. The highest BCUT2D eigenvalue weighted by atomic mass is 16.5. The Labute approximate surface area is 97.0 Å². The Bertz CT molecular complexity index is 301. The van der Waals surface area contributed by atoms with Crippen LogP contribution in [-0.4, -0.2) is 6.10 Å². The smallest absolute Gasteiger partial charge is 0.133 e. The number of hydrogen-bond acceptors (Lipinski definition) is 3. The molecule has 0 unspecified atom stereocenters. The quantitative estimate of drug-likeness (QED) is 0.798. The first-order valence-corrected chi connectivity index (χ1v) is 6.27. The molecule has 2 N–H and O–H groups in total. The van der Waals surface area contributed by atoms with Gasteiger partial charge in [-0.1, -0.05) is 25.7 Å². The van der Waals surface area contributed by atoms with Crippen LogP contribution in [0.25, 0.3) is 0 Å². The van der Waals surface area contributed by atoms with Gasteiger partial charge in [0.05, 0.1) is 12.4 Å². The molecule has 0 amide bonds. The predicted octanol–water partition coefficient (Wildman–Crippen LogP) is 2.98. The van der Waals surface area contributed by atoms with Gasteiger partial charge >= 0.3 is 0 Å². The van der Waals surface area contributed by atoms with E-state index in [2.05, 4.69) is 0 Å². The highest BCUT2D eigenvalue weighted by Crippen LogP contribution is 2.21. The molecule has 0 bridgehead atoms. The van der Waals surface area contributed by atoms with Crippen molar-refractivity contribution in [3.05, 3.63) is 23.7 Å². The molecule has 0 saturated heterocycles. The maximum absolute atomic E-state index is 5.90. The van der Waals surface area contributed by atoms with Crippen LogP contribution in [0.3, 0.4) is 0 Å².